The quantitative estimate of drug-likeness (QED) is 0.442. The van der Waals surface area contributed by atoms with Gasteiger partial charge in [0.05, 0.1) is 28.4 Å². The van der Waals surface area contributed by atoms with Crippen molar-refractivity contribution in [2.24, 2.45) is 0 Å². The maximum atomic E-state index is 13.7. The maximum Gasteiger partial charge on any atom is 0.246 e. The van der Waals surface area contributed by atoms with Gasteiger partial charge in [0.1, 0.15) is 12.8 Å². The second-order valence-corrected chi connectivity index (χ2v) is 11.0. The number of hydrogen-bond donors (Lipinski definition) is 4. The van der Waals surface area contributed by atoms with Crippen LogP contribution in [0, 0.1) is 0 Å². The molecule has 0 aromatic rings. The van der Waals surface area contributed by atoms with Gasteiger partial charge in [-0.05, 0) is 44.9 Å². The number of ether oxygens (including phenoxy) is 1. The average molecular weight is 464 g/mol. The first-order valence-electron chi connectivity index (χ1n) is 10.8. The average Bonchev–Trinajstić information content (AvgIpc) is 3.25. The number of amides is 2. The molecule has 5 atom stereocenters. The molecule has 0 radical (unpaired) electrons. The molecule has 5 unspecified atom stereocenters. The third kappa shape index (κ3) is 4.75. The molecule has 5 rings (SSSR count). The number of aliphatic hydroxyl groups is 1. The molecule has 1 aliphatic heterocycles. The number of thioether (sulfide) groups is 1. The van der Waals surface area contributed by atoms with Gasteiger partial charge in [0.15, 0.2) is 0 Å². The fraction of sp³-hybridized carbons (Fsp3) is 0.900. The van der Waals surface area contributed by atoms with E-state index >= 15 is 0 Å². The molecule has 2 bridgehead atoms. The van der Waals surface area contributed by atoms with E-state index in [9.17, 15) is 19.1 Å². The molecule has 4 saturated carbocycles. The van der Waals surface area contributed by atoms with E-state index in [4.69, 9.17) is 16.3 Å². The normalized spacial score (nSPS) is 43.4. The lowest BCUT2D eigenvalue weighted by atomic mass is 9.60. The zero-order valence-corrected chi connectivity index (χ0v) is 18.6. The van der Waals surface area contributed by atoms with Gasteiger partial charge in [-0.1, -0.05) is 0 Å². The van der Waals surface area contributed by atoms with Gasteiger partial charge in [0.2, 0.25) is 11.8 Å². The summed E-state index contributed by atoms with van der Waals surface area (Å²) in [6.07, 6.45) is 2.39. The Labute approximate surface area is 185 Å². The predicted molar refractivity (Wildman–Crippen MR) is 113 cm³/mol. The number of rotatable bonds is 6. The highest BCUT2D eigenvalue weighted by molar-refractivity contribution is 8.00. The summed E-state index contributed by atoms with van der Waals surface area (Å²) < 4.78 is 19.4. The summed E-state index contributed by atoms with van der Waals surface area (Å²) in [5.41, 5.74) is -1.06. The molecule has 10 heteroatoms. The molecule has 0 aromatic carbocycles. The Morgan fingerprint density at radius 1 is 1.23 bits per heavy atom. The van der Waals surface area contributed by atoms with E-state index in [2.05, 4.69) is 16.0 Å². The number of nitrogens with one attached hydrogen (secondary N) is 3. The molecule has 0 spiro atoms. The maximum absolute atomic E-state index is 13.7. The molecule has 4 aliphatic carbocycles. The van der Waals surface area contributed by atoms with E-state index in [1.807, 2.05) is 0 Å². The lowest BCUT2D eigenvalue weighted by Crippen LogP contribution is -2.70. The van der Waals surface area contributed by atoms with Gasteiger partial charge in [-0.15, -0.1) is 23.4 Å². The summed E-state index contributed by atoms with van der Waals surface area (Å²) >= 11 is 7.49. The first kappa shape index (κ1) is 22.6. The molecule has 0 aromatic heterocycles. The minimum Gasteiger partial charge on any atom is -0.391 e. The molecule has 30 heavy (non-hydrogen) atoms. The second kappa shape index (κ2) is 9.10. The number of aliphatic hydroxyl groups excluding tert-OH is 1. The Morgan fingerprint density at radius 3 is 2.63 bits per heavy atom. The number of carbonyl (C=O) groups excluding carboxylic acids is 2. The summed E-state index contributed by atoms with van der Waals surface area (Å²) in [4.78, 5) is 25.1. The van der Waals surface area contributed by atoms with Crippen molar-refractivity contribution in [2.45, 2.75) is 91.5 Å². The fourth-order valence-corrected chi connectivity index (χ4v) is 6.39. The molecule has 4 N–H and O–H groups in total. The molecule has 7 nitrogen and oxygen atoms in total. The number of alkyl halides is 2. The van der Waals surface area contributed by atoms with Crippen LogP contribution in [0.4, 0.5) is 4.39 Å². The van der Waals surface area contributed by atoms with Crippen molar-refractivity contribution in [3.05, 3.63) is 0 Å². The van der Waals surface area contributed by atoms with Crippen LogP contribution in [-0.4, -0.2) is 76.0 Å². The van der Waals surface area contributed by atoms with Crippen molar-refractivity contribution < 1.29 is 23.8 Å². The Kier molecular flexibility index (Phi) is 6.85. The van der Waals surface area contributed by atoms with E-state index in [0.717, 1.165) is 18.7 Å². The van der Waals surface area contributed by atoms with Gasteiger partial charge < -0.3 is 25.8 Å². The third-order valence-corrected chi connectivity index (χ3v) is 8.85. The number of hydrogen-bond acceptors (Lipinski definition) is 6. The summed E-state index contributed by atoms with van der Waals surface area (Å²) in [6, 6.07) is 0. The van der Waals surface area contributed by atoms with Gasteiger partial charge in [-0.25, -0.2) is 4.39 Å². The van der Waals surface area contributed by atoms with Gasteiger partial charge >= 0.3 is 0 Å². The van der Waals surface area contributed by atoms with Crippen LogP contribution in [0.2, 0.25) is 0 Å². The standard InChI is InChI=1S/C20H31ClFN3O4S/c21-13-2-1-12(7-14(13)22)29-10-17(27)24-20-5-3-19(4-6-20,8-16(20)26)25-18(28)15-9-23-11-30-15/h12-16,23,26H,1-11H2,(H,24,27)(H,25,28). The SMILES string of the molecule is O=C(COC1CCC(Cl)C(F)C1)NC12CCC(NC(=O)C3CNCS3)(CC1)CC2O. The number of halogens is 2. The van der Waals surface area contributed by atoms with Crippen molar-refractivity contribution in [1.29, 1.82) is 0 Å². The van der Waals surface area contributed by atoms with Crippen LogP contribution >= 0.6 is 23.4 Å². The van der Waals surface area contributed by atoms with Gasteiger partial charge in [-0.3, -0.25) is 9.59 Å². The number of fused-ring (bicyclic) bond motifs is 3. The summed E-state index contributed by atoms with van der Waals surface area (Å²) in [7, 11) is 0. The van der Waals surface area contributed by atoms with Crippen molar-refractivity contribution in [2.75, 3.05) is 19.0 Å². The summed E-state index contributed by atoms with van der Waals surface area (Å²) in [6.45, 7) is 0.525. The molecule has 1 heterocycles. The van der Waals surface area contributed by atoms with E-state index in [1.54, 1.807) is 11.8 Å². The summed E-state index contributed by atoms with van der Waals surface area (Å²) in [5.74, 6) is 0.524. The largest absolute Gasteiger partial charge is 0.391 e. The topological polar surface area (TPSA) is 99.7 Å². The smallest absolute Gasteiger partial charge is 0.246 e. The minimum atomic E-state index is -1.10. The van der Waals surface area contributed by atoms with E-state index in [-0.39, 0.29) is 41.7 Å². The molecule has 1 saturated heterocycles. The van der Waals surface area contributed by atoms with Gasteiger partial charge in [0, 0.05) is 24.4 Å². The first-order chi connectivity index (χ1) is 14.3. The van der Waals surface area contributed by atoms with Crippen LogP contribution in [0.1, 0.15) is 51.4 Å². The molecule has 170 valence electrons. The molecule has 5 fully saturated rings. The van der Waals surface area contributed by atoms with Crippen LogP contribution in [0.25, 0.3) is 0 Å². The minimum absolute atomic E-state index is 0.0295. The highest BCUT2D eigenvalue weighted by Crippen LogP contribution is 2.47. The van der Waals surface area contributed by atoms with Crippen molar-refractivity contribution in [3.63, 3.8) is 0 Å². The highest BCUT2D eigenvalue weighted by Gasteiger charge is 2.55. The Bertz CT molecular complexity index is 658. The van der Waals surface area contributed by atoms with Crippen LogP contribution in [0.3, 0.4) is 0 Å². The van der Waals surface area contributed by atoms with Crippen molar-refractivity contribution in [1.82, 2.24) is 16.0 Å². The van der Waals surface area contributed by atoms with Crippen LogP contribution < -0.4 is 16.0 Å². The lowest BCUT2D eigenvalue weighted by molar-refractivity contribution is -0.140. The highest BCUT2D eigenvalue weighted by atomic mass is 35.5. The Balaban J connectivity index is 1.27. The summed E-state index contributed by atoms with van der Waals surface area (Å²) in [5, 5.41) is 19.6. The predicted octanol–water partition coefficient (Wildman–Crippen LogP) is 1.21. The van der Waals surface area contributed by atoms with Gasteiger partial charge in [-0.2, -0.15) is 0 Å². The first-order valence-corrected chi connectivity index (χ1v) is 12.3. The van der Waals surface area contributed by atoms with E-state index in [1.165, 1.54) is 0 Å². The molecule has 2 amide bonds. The monoisotopic (exact) mass is 463 g/mol. The van der Waals surface area contributed by atoms with Crippen LogP contribution in [0.5, 0.6) is 0 Å². The molecular weight excluding hydrogens is 433 g/mol. The second-order valence-electron chi connectivity index (χ2n) is 9.23. The van der Waals surface area contributed by atoms with Crippen LogP contribution in [0.15, 0.2) is 0 Å². The lowest BCUT2D eigenvalue weighted by Gasteiger charge is -2.56. The molecular formula is C20H31ClFN3O4S. The van der Waals surface area contributed by atoms with Crippen LogP contribution in [-0.2, 0) is 14.3 Å². The number of carbonyl (C=O) groups is 2. The van der Waals surface area contributed by atoms with Gasteiger partial charge in [0.25, 0.3) is 0 Å². The van der Waals surface area contributed by atoms with E-state index < -0.39 is 23.2 Å². The fourth-order valence-electron chi connectivity index (χ4n) is 5.28. The Morgan fingerprint density at radius 2 is 2.00 bits per heavy atom. The zero-order valence-electron chi connectivity index (χ0n) is 17.0. The van der Waals surface area contributed by atoms with Crippen molar-refractivity contribution in [3.8, 4) is 0 Å². The zero-order chi connectivity index (χ0) is 21.4. The van der Waals surface area contributed by atoms with Crippen molar-refractivity contribution >= 4 is 35.2 Å². The third-order valence-electron chi connectivity index (χ3n) is 7.20. The molecule has 5 aliphatic rings. The Hall–Kier alpha value is -0.610. The van der Waals surface area contributed by atoms with E-state index in [0.29, 0.717) is 38.6 Å².